The van der Waals surface area contributed by atoms with Crippen molar-refractivity contribution in [2.75, 3.05) is 13.7 Å². The Kier molecular flexibility index (Phi) is 9.73. The number of benzene rings is 2. The van der Waals surface area contributed by atoms with Crippen molar-refractivity contribution >= 4 is 34.6 Å². The molecule has 0 spiro atoms. The number of pyridine rings is 1. The zero-order chi connectivity index (χ0) is 38.3. The van der Waals surface area contributed by atoms with Crippen molar-refractivity contribution < 1.29 is 14.3 Å². The molecule has 9 rings (SSSR count). The molecule has 2 aliphatic carbocycles. The molecule has 2 bridgehead atoms. The number of alkyl carbamates (subject to hydrolysis) is 1. The number of hydrogen-bond donors (Lipinski definition) is 2. The van der Waals surface area contributed by atoms with Gasteiger partial charge in [0.25, 0.3) is 0 Å². The van der Waals surface area contributed by atoms with Crippen LogP contribution in [0, 0.1) is 23.7 Å². The Bertz CT molecular complexity index is 2240. The Hall–Kier alpha value is -5.64. The van der Waals surface area contributed by atoms with Crippen molar-refractivity contribution in [2.24, 2.45) is 33.7 Å². The highest BCUT2D eigenvalue weighted by Gasteiger charge is 2.51. The molecule has 2 aromatic carbocycles. The van der Waals surface area contributed by atoms with E-state index in [0.717, 1.165) is 58.8 Å². The molecule has 4 aromatic rings. The van der Waals surface area contributed by atoms with E-state index in [4.69, 9.17) is 19.7 Å². The van der Waals surface area contributed by atoms with Crippen LogP contribution in [0.2, 0.25) is 0 Å². The van der Waals surface area contributed by atoms with E-state index in [-0.39, 0.29) is 17.9 Å². The van der Waals surface area contributed by atoms with E-state index in [1.165, 1.54) is 48.8 Å². The Morgan fingerprint density at radius 3 is 2.09 bits per heavy atom. The molecular weight excluding hydrogens is 699 g/mol. The first-order valence-corrected chi connectivity index (χ1v) is 20.2. The van der Waals surface area contributed by atoms with E-state index >= 15 is 0 Å². The van der Waals surface area contributed by atoms with Crippen LogP contribution in [0.1, 0.15) is 81.7 Å². The number of carbonyl (C=O) groups excluding carboxylic acids is 2. The molecule has 6 atom stereocenters. The molecule has 5 heterocycles. The Balaban J connectivity index is 0.819. The van der Waals surface area contributed by atoms with Gasteiger partial charge in [0.15, 0.2) is 0 Å². The summed E-state index contributed by atoms with van der Waals surface area (Å²) in [4.78, 5) is 50.2. The molecular formula is C46H49N7O3. The van der Waals surface area contributed by atoms with Crippen LogP contribution in [0.4, 0.5) is 4.79 Å². The summed E-state index contributed by atoms with van der Waals surface area (Å²) in [5, 5.41) is 2.73. The molecule has 5 aliphatic rings. The fourth-order valence-corrected chi connectivity index (χ4v) is 10.0. The van der Waals surface area contributed by atoms with Crippen LogP contribution in [0.3, 0.4) is 0 Å². The third kappa shape index (κ3) is 6.79. The van der Waals surface area contributed by atoms with E-state index in [9.17, 15) is 9.59 Å². The number of fused-ring (bicyclic) bond motifs is 2. The normalized spacial score (nSPS) is 24.6. The van der Waals surface area contributed by atoms with Crippen molar-refractivity contribution in [1.82, 2.24) is 25.2 Å². The molecule has 2 aromatic heterocycles. The quantitative estimate of drug-likeness (QED) is 0.168. The van der Waals surface area contributed by atoms with Gasteiger partial charge in [0, 0.05) is 73.0 Å². The van der Waals surface area contributed by atoms with E-state index in [1.54, 1.807) is 6.20 Å². The molecule has 3 unspecified atom stereocenters. The molecule has 10 nitrogen and oxygen atoms in total. The summed E-state index contributed by atoms with van der Waals surface area (Å²) >= 11 is 0. The summed E-state index contributed by atoms with van der Waals surface area (Å²) in [5.41, 5.74) is 11.5. The SMILES string of the molecule is COC(=O)N[C@H](C(=O)N1CCC[C@H]1C1=NC=C(c2ccc(-c3ccc(C4=CN=C(C5C6CCC(C6)[C@@H]5c5ncc(-c6cccnc6)[nH]5)C4)cc3)cc2)C1)C(C)C. The Morgan fingerprint density at radius 2 is 1.45 bits per heavy atom. The molecule has 3 aliphatic heterocycles. The number of amides is 2. The van der Waals surface area contributed by atoms with Crippen molar-refractivity contribution in [3.05, 3.63) is 109 Å². The number of nitrogens with one attached hydrogen (secondary N) is 2. The van der Waals surface area contributed by atoms with E-state index < -0.39 is 12.1 Å². The third-order valence-corrected chi connectivity index (χ3v) is 12.9. The summed E-state index contributed by atoms with van der Waals surface area (Å²) in [6, 6.07) is 20.9. The highest BCUT2D eigenvalue weighted by Crippen LogP contribution is 2.57. The molecule has 2 N–H and O–H groups in total. The highest BCUT2D eigenvalue weighted by atomic mass is 16.5. The third-order valence-electron chi connectivity index (χ3n) is 12.9. The zero-order valence-electron chi connectivity index (χ0n) is 32.3. The van der Waals surface area contributed by atoms with Crippen LogP contribution < -0.4 is 5.32 Å². The molecule has 2 amide bonds. The summed E-state index contributed by atoms with van der Waals surface area (Å²) in [6.45, 7) is 4.53. The first-order chi connectivity index (χ1) is 27.3. The lowest BCUT2D eigenvalue weighted by Crippen LogP contribution is -2.53. The summed E-state index contributed by atoms with van der Waals surface area (Å²) < 4.78 is 4.78. The van der Waals surface area contributed by atoms with Crippen LogP contribution in [-0.2, 0) is 9.53 Å². The minimum atomic E-state index is -0.639. The van der Waals surface area contributed by atoms with Gasteiger partial charge in [0.1, 0.15) is 11.9 Å². The van der Waals surface area contributed by atoms with Gasteiger partial charge in [0.2, 0.25) is 5.91 Å². The van der Waals surface area contributed by atoms with Crippen LogP contribution in [0.25, 0.3) is 33.5 Å². The number of aromatic amines is 1. The zero-order valence-corrected chi connectivity index (χ0v) is 32.3. The maximum Gasteiger partial charge on any atom is 0.407 e. The fraction of sp³-hybridized carbons (Fsp3) is 0.391. The predicted molar refractivity (Wildman–Crippen MR) is 220 cm³/mol. The Morgan fingerprint density at radius 1 is 0.804 bits per heavy atom. The maximum atomic E-state index is 13.6. The molecule has 10 heteroatoms. The van der Waals surface area contributed by atoms with Gasteiger partial charge in [-0.15, -0.1) is 0 Å². The monoisotopic (exact) mass is 747 g/mol. The van der Waals surface area contributed by atoms with Crippen molar-refractivity contribution in [3.63, 3.8) is 0 Å². The molecule has 56 heavy (non-hydrogen) atoms. The lowest BCUT2D eigenvalue weighted by Gasteiger charge is -2.31. The van der Waals surface area contributed by atoms with Gasteiger partial charge in [0.05, 0.1) is 25.0 Å². The van der Waals surface area contributed by atoms with Crippen LogP contribution >= 0.6 is 0 Å². The second-order valence-electron chi connectivity index (χ2n) is 16.4. The number of methoxy groups -OCH3 is 1. The number of rotatable bonds is 10. The number of allylic oxidation sites excluding steroid dienone is 2. The number of nitrogens with zero attached hydrogens (tertiary/aromatic N) is 5. The van der Waals surface area contributed by atoms with Gasteiger partial charge in [-0.2, -0.15) is 0 Å². The van der Waals surface area contributed by atoms with Crippen molar-refractivity contribution in [3.8, 4) is 22.4 Å². The first kappa shape index (κ1) is 36.0. The minimum Gasteiger partial charge on any atom is -0.453 e. The first-order valence-electron chi connectivity index (χ1n) is 20.2. The number of hydrogen-bond acceptors (Lipinski definition) is 7. The minimum absolute atomic E-state index is 0.0648. The number of ether oxygens (including phenoxy) is 1. The van der Waals surface area contributed by atoms with Crippen LogP contribution in [0.15, 0.2) is 102 Å². The number of carbonyl (C=O) groups is 2. The van der Waals surface area contributed by atoms with Gasteiger partial charge in [-0.3, -0.25) is 19.8 Å². The molecule has 3 fully saturated rings. The van der Waals surface area contributed by atoms with Gasteiger partial charge >= 0.3 is 6.09 Å². The summed E-state index contributed by atoms with van der Waals surface area (Å²) in [6.07, 6.45) is 16.3. The van der Waals surface area contributed by atoms with Crippen LogP contribution in [0.5, 0.6) is 0 Å². The summed E-state index contributed by atoms with van der Waals surface area (Å²) in [5.74, 6) is 3.10. The molecule has 0 radical (unpaired) electrons. The van der Waals surface area contributed by atoms with E-state index in [0.29, 0.717) is 36.6 Å². The predicted octanol–water partition coefficient (Wildman–Crippen LogP) is 8.71. The second kappa shape index (κ2) is 15.1. The van der Waals surface area contributed by atoms with Gasteiger partial charge in [-0.1, -0.05) is 62.4 Å². The van der Waals surface area contributed by atoms with E-state index in [2.05, 4.69) is 76.1 Å². The number of aromatic nitrogens is 3. The number of aliphatic imine (C=N–C) groups is 2. The van der Waals surface area contributed by atoms with Crippen molar-refractivity contribution in [2.45, 2.75) is 76.8 Å². The number of likely N-dealkylation sites (tertiary alicyclic amines) is 1. The maximum absolute atomic E-state index is 13.6. The Labute approximate surface area is 328 Å². The standard InChI is InChI=1S/C46H49N7O3/c1-27(2)43(52-46(55)56-3)45(54)53-19-5-7-40(53)37-21-35(24-48-37)30-12-8-28(9-13-30)29-10-14-31(15-11-29)36-22-38(49-25-36)41-32-16-17-33(20-32)42(41)44-50-26-39(51-44)34-6-4-18-47-23-34/h4,6,8-15,18,23-27,32-33,40-43H,5,7,16-17,19-22H2,1-3H3,(H,50,51)(H,52,55)/t32?,33?,40-,41?,42-,43-/m0/s1. The van der Waals surface area contributed by atoms with Crippen LogP contribution in [-0.4, -0.2) is 69.0 Å². The van der Waals surface area contributed by atoms with Gasteiger partial charge in [-0.05, 0) is 95.4 Å². The van der Waals surface area contributed by atoms with Gasteiger partial charge < -0.3 is 19.9 Å². The fourth-order valence-electron chi connectivity index (χ4n) is 10.0. The number of imidazole rings is 1. The lowest BCUT2D eigenvalue weighted by molar-refractivity contribution is -0.134. The largest absolute Gasteiger partial charge is 0.453 e. The van der Waals surface area contributed by atoms with E-state index in [1.807, 2.05) is 43.4 Å². The average molecular weight is 748 g/mol. The molecule has 2 saturated carbocycles. The second-order valence-corrected chi connectivity index (χ2v) is 16.4. The highest BCUT2D eigenvalue weighted by molar-refractivity contribution is 6.04. The lowest BCUT2D eigenvalue weighted by atomic mass is 9.75. The van der Waals surface area contributed by atoms with Gasteiger partial charge in [-0.25, -0.2) is 9.78 Å². The van der Waals surface area contributed by atoms with Crippen molar-refractivity contribution in [1.29, 1.82) is 0 Å². The average Bonchev–Trinajstić information content (AvgIpc) is 4.10. The summed E-state index contributed by atoms with van der Waals surface area (Å²) in [7, 11) is 1.31. The topological polar surface area (TPSA) is 125 Å². The molecule has 1 saturated heterocycles. The smallest absolute Gasteiger partial charge is 0.407 e. The molecule has 286 valence electrons. The number of H-pyrrole nitrogens is 1.